The normalized spacial score (nSPS) is 12.1. The summed E-state index contributed by atoms with van der Waals surface area (Å²) in [6.07, 6.45) is 2.27. The molecule has 0 amide bonds. The lowest BCUT2D eigenvalue weighted by atomic mass is 9.90. The Morgan fingerprint density at radius 1 is 1.03 bits per heavy atom. The molecule has 5 N–H and O–H groups in total. The number of methoxy groups -OCH3 is 1. The molecule has 6 nitrogen and oxygen atoms in total. The molecule has 0 spiro atoms. The topological polar surface area (TPSA) is 103 Å². The molecule has 1 unspecified atom stereocenters. The number of ether oxygens (including phenoxy) is 1. The van der Waals surface area contributed by atoms with Crippen LogP contribution < -0.4 is 16.2 Å². The Kier molecular flexibility index (Phi) is 6.01. The van der Waals surface area contributed by atoms with Crippen molar-refractivity contribution in [2.45, 2.75) is 19.3 Å². The maximum atomic E-state index is 15.8. The number of nitrogens with one attached hydrogen (secondary N) is 1. The molecule has 2 heterocycles. The Morgan fingerprint density at radius 2 is 1.86 bits per heavy atom. The molecule has 5 aromatic rings. The van der Waals surface area contributed by atoms with E-state index in [1.165, 1.54) is 19.2 Å². The molecule has 8 heteroatoms. The maximum absolute atomic E-state index is 15.8. The lowest BCUT2D eigenvalue weighted by molar-refractivity contribution is 0.383. The summed E-state index contributed by atoms with van der Waals surface area (Å²) in [5.41, 5.74) is 15.8. The van der Waals surface area contributed by atoms with Crippen molar-refractivity contribution in [1.82, 2.24) is 15.0 Å². The highest BCUT2D eigenvalue weighted by atomic mass is 19.1. The van der Waals surface area contributed by atoms with Crippen LogP contribution in [0.4, 0.5) is 20.3 Å². The summed E-state index contributed by atoms with van der Waals surface area (Å²) < 4.78 is 35.0. The molecular formula is C28H25F2N5O. The van der Waals surface area contributed by atoms with Crippen LogP contribution in [0.15, 0.2) is 66.9 Å². The van der Waals surface area contributed by atoms with Crippen molar-refractivity contribution < 1.29 is 13.5 Å². The highest BCUT2D eigenvalue weighted by Crippen LogP contribution is 2.38. The fourth-order valence-electron chi connectivity index (χ4n) is 4.45. The number of nitrogens with zero attached hydrogens (tertiary/aromatic N) is 2. The van der Waals surface area contributed by atoms with E-state index in [1.54, 1.807) is 42.6 Å². The van der Waals surface area contributed by atoms with Crippen LogP contribution in [0.2, 0.25) is 0 Å². The van der Waals surface area contributed by atoms with Crippen molar-refractivity contribution in [1.29, 1.82) is 0 Å². The average Bonchev–Trinajstić information content (AvgIpc) is 3.35. The van der Waals surface area contributed by atoms with Gasteiger partial charge in [0.15, 0.2) is 11.6 Å². The van der Waals surface area contributed by atoms with Crippen LogP contribution >= 0.6 is 0 Å². The number of aromatic nitrogens is 3. The molecule has 0 radical (unpaired) electrons. The first-order chi connectivity index (χ1) is 17.4. The number of nitrogen functional groups attached to an aromatic ring is 2. The summed E-state index contributed by atoms with van der Waals surface area (Å²) in [7, 11) is 1.43. The second-order valence-corrected chi connectivity index (χ2v) is 8.59. The molecule has 0 bridgehead atoms. The molecule has 182 valence electrons. The smallest absolute Gasteiger partial charge is 0.169 e. The van der Waals surface area contributed by atoms with Crippen LogP contribution in [0.25, 0.3) is 22.0 Å². The van der Waals surface area contributed by atoms with Gasteiger partial charge in [0, 0.05) is 22.2 Å². The van der Waals surface area contributed by atoms with Crippen molar-refractivity contribution in [3.8, 4) is 17.0 Å². The summed E-state index contributed by atoms with van der Waals surface area (Å²) in [5, 5.41) is 1.52. The SMILES string of the molecule is CCc1cc(OC)c(F)c(C(c2cc3cc(N)ccc3c(N)n2)c2ncc(-c3cccc(F)c3)[nH]2)c1. The summed E-state index contributed by atoms with van der Waals surface area (Å²) in [5.74, 6) is -0.781. The van der Waals surface area contributed by atoms with Crippen molar-refractivity contribution in [2.75, 3.05) is 18.6 Å². The summed E-state index contributed by atoms with van der Waals surface area (Å²) in [6.45, 7) is 1.98. The van der Waals surface area contributed by atoms with E-state index in [1.807, 2.05) is 19.1 Å². The lowest BCUT2D eigenvalue weighted by Crippen LogP contribution is -2.12. The van der Waals surface area contributed by atoms with Gasteiger partial charge in [0.1, 0.15) is 17.5 Å². The third-order valence-electron chi connectivity index (χ3n) is 6.27. The largest absolute Gasteiger partial charge is 0.494 e. The van der Waals surface area contributed by atoms with Gasteiger partial charge in [0.2, 0.25) is 0 Å². The van der Waals surface area contributed by atoms with Crippen LogP contribution in [-0.2, 0) is 6.42 Å². The number of aryl methyl sites for hydroxylation is 1. The quantitative estimate of drug-likeness (QED) is 0.263. The van der Waals surface area contributed by atoms with E-state index in [0.29, 0.717) is 46.3 Å². The highest BCUT2D eigenvalue weighted by molar-refractivity contribution is 5.93. The zero-order chi connectivity index (χ0) is 25.4. The summed E-state index contributed by atoms with van der Waals surface area (Å²) >= 11 is 0. The second kappa shape index (κ2) is 9.30. The fraction of sp³-hybridized carbons (Fsp3) is 0.143. The molecule has 2 aromatic heterocycles. The van der Waals surface area contributed by atoms with Gasteiger partial charge in [-0.15, -0.1) is 0 Å². The number of anilines is 2. The van der Waals surface area contributed by atoms with E-state index in [-0.39, 0.29) is 11.6 Å². The van der Waals surface area contributed by atoms with E-state index < -0.39 is 11.7 Å². The number of pyridine rings is 1. The first kappa shape index (κ1) is 23.3. The maximum Gasteiger partial charge on any atom is 0.169 e. The second-order valence-electron chi connectivity index (χ2n) is 8.59. The van der Waals surface area contributed by atoms with E-state index in [0.717, 1.165) is 16.3 Å². The van der Waals surface area contributed by atoms with E-state index in [2.05, 4.69) is 15.0 Å². The minimum atomic E-state index is -0.749. The predicted octanol–water partition coefficient (Wildman–Crippen LogP) is 5.82. The van der Waals surface area contributed by atoms with Crippen LogP contribution in [-0.4, -0.2) is 22.1 Å². The first-order valence-corrected chi connectivity index (χ1v) is 11.5. The molecular weight excluding hydrogens is 460 g/mol. The number of hydrogen-bond donors (Lipinski definition) is 3. The Bertz CT molecular complexity index is 1580. The molecule has 3 aromatic carbocycles. The standard InChI is InChI=1S/C28H25F2N5O/c1-3-15-9-21(26(30)24(10-15)36-2)25(22-13-17-12-19(31)7-8-20(17)27(32)34-22)28-33-14-23(35-28)16-5-4-6-18(29)11-16/h4-14,25H,3,31H2,1-2H3,(H2,32,34)(H,33,35). The Labute approximate surface area is 207 Å². The molecule has 0 aliphatic carbocycles. The zero-order valence-electron chi connectivity index (χ0n) is 19.8. The molecule has 0 aliphatic heterocycles. The zero-order valence-corrected chi connectivity index (χ0v) is 19.8. The van der Waals surface area contributed by atoms with Crippen molar-refractivity contribution in [3.05, 3.63) is 101 Å². The van der Waals surface area contributed by atoms with Gasteiger partial charge in [0.05, 0.1) is 30.6 Å². The molecule has 5 rings (SSSR count). The van der Waals surface area contributed by atoms with Gasteiger partial charge in [-0.2, -0.15) is 0 Å². The minimum absolute atomic E-state index is 0.129. The van der Waals surface area contributed by atoms with Gasteiger partial charge in [-0.1, -0.05) is 25.1 Å². The molecule has 0 saturated heterocycles. The van der Waals surface area contributed by atoms with Gasteiger partial charge in [-0.05, 0) is 59.8 Å². The number of fused-ring (bicyclic) bond motifs is 1. The number of imidazole rings is 1. The summed E-state index contributed by atoms with van der Waals surface area (Å²) in [4.78, 5) is 12.4. The third kappa shape index (κ3) is 4.22. The number of nitrogens with two attached hydrogens (primary N) is 2. The van der Waals surface area contributed by atoms with Crippen molar-refractivity contribution in [3.63, 3.8) is 0 Å². The number of aromatic amines is 1. The van der Waals surface area contributed by atoms with Crippen LogP contribution in [0.1, 0.15) is 35.5 Å². The molecule has 36 heavy (non-hydrogen) atoms. The Balaban J connectivity index is 1.75. The van der Waals surface area contributed by atoms with Crippen LogP contribution in [0.5, 0.6) is 5.75 Å². The van der Waals surface area contributed by atoms with Crippen molar-refractivity contribution >= 4 is 22.3 Å². The predicted molar refractivity (Wildman–Crippen MR) is 138 cm³/mol. The van der Waals surface area contributed by atoms with E-state index >= 15 is 4.39 Å². The van der Waals surface area contributed by atoms with Gasteiger partial charge < -0.3 is 21.2 Å². The lowest BCUT2D eigenvalue weighted by Gasteiger charge is -2.20. The fourth-order valence-corrected chi connectivity index (χ4v) is 4.45. The Hall–Kier alpha value is -4.46. The van der Waals surface area contributed by atoms with Gasteiger partial charge in [0.25, 0.3) is 0 Å². The minimum Gasteiger partial charge on any atom is -0.494 e. The van der Waals surface area contributed by atoms with Gasteiger partial charge >= 0.3 is 0 Å². The number of halogens is 2. The van der Waals surface area contributed by atoms with Crippen LogP contribution in [0.3, 0.4) is 0 Å². The molecule has 0 fully saturated rings. The monoisotopic (exact) mass is 485 g/mol. The van der Waals surface area contributed by atoms with Gasteiger partial charge in [-0.3, -0.25) is 0 Å². The van der Waals surface area contributed by atoms with Crippen LogP contribution in [0, 0.1) is 11.6 Å². The van der Waals surface area contributed by atoms with E-state index in [9.17, 15) is 4.39 Å². The summed E-state index contributed by atoms with van der Waals surface area (Å²) in [6, 6.07) is 16.8. The van der Waals surface area contributed by atoms with Gasteiger partial charge in [-0.25, -0.2) is 18.7 Å². The molecule has 0 saturated carbocycles. The van der Waals surface area contributed by atoms with E-state index in [4.69, 9.17) is 16.2 Å². The number of hydrogen-bond acceptors (Lipinski definition) is 5. The molecule has 0 aliphatic rings. The average molecular weight is 486 g/mol. The number of rotatable bonds is 6. The van der Waals surface area contributed by atoms with Crippen molar-refractivity contribution in [2.24, 2.45) is 0 Å². The first-order valence-electron chi connectivity index (χ1n) is 11.5. The highest BCUT2D eigenvalue weighted by Gasteiger charge is 2.28. The third-order valence-corrected chi connectivity index (χ3v) is 6.27. The Morgan fingerprint density at radius 3 is 2.61 bits per heavy atom. The number of H-pyrrole nitrogens is 1. The number of benzene rings is 3. The molecule has 1 atom stereocenters.